The molecule has 0 aliphatic heterocycles. The fourth-order valence-corrected chi connectivity index (χ4v) is 2.79. The monoisotopic (exact) mass is 350 g/mol. The summed E-state index contributed by atoms with van der Waals surface area (Å²) in [6.45, 7) is 5.03. The molecule has 2 aromatic rings. The third-order valence-electron chi connectivity index (χ3n) is 3.34. The lowest BCUT2D eigenvalue weighted by atomic mass is 9.99. The van der Waals surface area contributed by atoms with Crippen LogP contribution in [-0.4, -0.2) is 11.5 Å². The minimum atomic E-state index is -0.212. The van der Waals surface area contributed by atoms with Gasteiger partial charge in [-0.3, -0.25) is 4.98 Å². The van der Waals surface area contributed by atoms with Crippen molar-refractivity contribution < 1.29 is 4.39 Å². The van der Waals surface area contributed by atoms with E-state index < -0.39 is 0 Å². The third kappa shape index (κ3) is 4.90. The van der Waals surface area contributed by atoms with E-state index >= 15 is 0 Å². The number of pyridine rings is 1. The first kappa shape index (κ1) is 16.1. The van der Waals surface area contributed by atoms with Crippen molar-refractivity contribution in [1.82, 2.24) is 10.3 Å². The summed E-state index contributed by atoms with van der Waals surface area (Å²) in [7, 11) is 0. The Morgan fingerprint density at radius 2 is 2.10 bits per heavy atom. The number of nitrogens with zero attached hydrogens (tertiary/aromatic N) is 1. The van der Waals surface area contributed by atoms with Crippen LogP contribution < -0.4 is 5.32 Å². The second-order valence-corrected chi connectivity index (χ2v) is 6.14. The first-order valence-corrected chi connectivity index (χ1v) is 7.98. The predicted octanol–water partition coefficient (Wildman–Crippen LogP) is 4.58. The topological polar surface area (TPSA) is 24.9 Å². The maximum Gasteiger partial charge on any atom is 0.124 e. The van der Waals surface area contributed by atoms with Crippen LogP contribution in [0.3, 0.4) is 0 Å². The van der Waals surface area contributed by atoms with E-state index in [-0.39, 0.29) is 11.9 Å². The summed E-state index contributed by atoms with van der Waals surface area (Å²) in [5, 5.41) is 3.51. The van der Waals surface area contributed by atoms with Crippen molar-refractivity contribution in [2.45, 2.75) is 32.7 Å². The molecule has 0 aliphatic carbocycles. The number of hydrogen-bond acceptors (Lipinski definition) is 2. The number of benzene rings is 1. The number of halogens is 2. The lowest BCUT2D eigenvalue weighted by Gasteiger charge is -2.19. The Kier molecular flexibility index (Phi) is 5.88. The van der Waals surface area contributed by atoms with Crippen LogP contribution in [0.5, 0.6) is 0 Å². The van der Waals surface area contributed by atoms with Gasteiger partial charge in [-0.2, -0.15) is 0 Å². The molecule has 2 rings (SSSR count). The fourth-order valence-electron chi connectivity index (χ4n) is 2.28. The van der Waals surface area contributed by atoms with Crippen molar-refractivity contribution in [2.24, 2.45) is 0 Å². The summed E-state index contributed by atoms with van der Waals surface area (Å²) in [6, 6.07) is 9.28. The van der Waals surface area contributed by atoms with Gasteiger partial charge in [-0.25, -0.2) is 4.39 Å². The van der Waals surface area contributed by atoms with Crippen LogP contribution >= 0.6 is 15.9 Å². The number of aryl methyl sites for hydroxylation is 1. The zero-order chi connectivity index (χ0) is 15.2. The van der Waals surface area contributed by atoms with Gasteiger partial charge >= 0.3 is 0 Å². The van der Waals surface area contributed by atoms with Crippen LogP contribution in [0.15, 0.2) is 41.0 Å². The number of nitrogens with one attached hydrogen (secondary N) is 1. The van der Waals surface area contributed by atoms with Gasteiger partial charge in [0, 0.05) is 22.4 Å². The molecular formula is C17H20BrFN2. The van der Waals surface area contributed by atoms with Crippen molar-refractivity contribution in [3.8, 4) is 0 Å². The molecular weight excluding hydrogens is 331 g/mol. The molecule has 1 aromatic carbocycles. The SMILES string of the molecule is CCCNC(Cc1cc(F)cc(Br)c1)c1ccc(C)nc1. The largest absolute Gasteiger partial charge is 0.310 e. The Hall–Kier alpha value is -1.26. The maximum absolute atomic E-state index is 13.5. The molecule has 1 atom stereocenters. The van der Waals surface area contributed by atoms with Gasteiger partial charge in [0.1, 0.15) is 5.82 Å². The van der Waals surface area contributed by atoms with E-state index in [1.54, 1.807) is 6.07 Å². The molecule has 0 aliphatic rings. The summed E-state index contributed by atoms with van der Waals surface area (Å²) in [6.07, 6.45) is 3.70. The van der Waals surface area contributed by atoms with Crippen LogP contribution in [-0.2, 0) is 6.42 Å². The molecule has 0 saturated heterocycles. The first-order valence-electron chi connectivity index (χ1n) is 7.19. The second-order valence-electron chi connectivity index (χ2n) is 5.22. The maximum atomic E-state index is 13.5. The Bertz CT molecular complexity index is 564. The van der Waals surface area contributed by atoms with Gasteiger partial charge < -0.3 is 5.32 Å². The summed E-state index contributed by atoms with van der Waals surface area (Å²) in [5.74, 6) is -0.212. The Morgan fingerprint density at radius 3 is 2.71 bits per heavy atom. The van der Waals surface area contributed by atoms with Gasteiger partial charge in [0.2, 0.25) is 0 Å². The zero-order valence-electron chi connectivity index (χ0n) is 12.4. The highest BCUT2D eigenvalue weighted by molar-refractivity contribution is 9.10. The van der Waals surface area contributed by atoms with E-state index in [0.717, 1.165) is 40.7 Å². The van der Waals surface area contributed by atoms with Gasteiger partial charge in [-0.05, 0) is 61.7 Å². The summed E-state index contributed by atoms with van der Waals surface area (Å²) >= 11 is 3.35. The van der Waals surface area contributed by atoms with Gasteiger partial charge in [-0.15, -0.1) is 0 Å². The molecule has 2 nitrogen and oxygen atoms in total. The van der Waals surface area contributed by atoms with Crippen molar-refractivity contribution >= 4 is 15.9 Å². The molecule has 0 spiro atoms. The summed E-state index contributed by atoms with van der Waals surface area (Å²) in [4.78, 5) is 4.36. The highest BCUT2D eigenvalue weighted by atomic mass is 79.9. The van der Waals surface area contributed by atoms with E-state index in [9.17, 15) is 4.39 Å². The molecule has 112 valence electrons. The number of hydrogen-bond donors (Lipinski definition) is 1. The van der Waals surface area contributed by atoms with Crippen molar-refractivity contribution in [3.63, 3.8) is 0 Å². The molecule has 1 unspecified atom stereocenters. The predicted molar refractivity (Wildman–Crippen MR) is 87.8 cm³/mol. The molecule has 4 heteroatoms. The Balaban J connectivity index is 2.21. The highest BCUT2D eigenvalue weighted by Crippen LogP contribution is 2.22. The van der Waals surface area contributed by atoms with E-state index in [0.29, 0.717) is 0 Å². The smallest absolute Gasteiger partial charge is 0.124 e. The summed E-state index contributed by atoms with van der Waals surface area (Å²) in [5.41, 5.74) is 3.10. The second kappa shape index (κ2) is 7.66. The van der Waals surface area contributed by atoms with E-state index in [1.807, 2.05) is 25.3 Å². The number of aromatic nitrogens is 1. The van der Waals surface area contributed by atoms with Crippen LogP contribution in [0, 0.1) is 12.7 Å². The molecule has 0 amide bonds. The molecule has 0 bridgehead atoms. The highest BCUT2D eigenvalue weighted by Gasteiger charge is 2.13. The van der Waals surface area contributed by atoms with Crippen LogP contribution in [0.2, 0.25) is 0 Å². The molecule has 1 heterocycles. The van der Waals surface area contributed by atoms with Gasteiger partial charge in [0.25, 0.3) is 0 Å². The molecule has 0 saturated carbocycles. The molecule has 1 aromatic heterocycles. The first-order chi connectivity index (χ1) is 10.1. The van der Waals surface area contributed by atoms with E-state index in [4.69, 9.17) is 0 Å². The standard InChI is InChI=1S/C17H20BrFN2/c1-3-6-20-17(14-5-4-12(2)21-11-14)9-13-7-15(18)10-16(19)8-13/h4-5,7-8,10-11,17,20H,3,6,9H2,1-2H3. The van der Waals surface area contributed by atoms with Gasteiger partial charge in [0.05, 0.1) is 0 Å². The average molecular weight is 351 g/mol. The van der Waals surface area contributed by atoms with E-state index in [1.165, 1.54) is 6.07 Å². The quantitative estimate of drug-likeness (QED) is 0.824. The minimum Gasteiger partial charge on any atom is -0.310 e. The van der Waals surface area contributed by atoms with Gasteiger partial charge in [-0.1, -0.05) is 28.9 Å². The molecule has 0 radical (unpaired) electrons. The van der Waals surface area contributed by atoms with Crippen LogP contribution in [0.25, 0.3) is 0 Å². The third-order valence-corrected chi connectivity index (χ3v) is 3.80. The number of rotatable bonds is 6. The van der Waals surface area contributed by atoms with Crippen molar-refractivity contribution in [3.05, 3.63) is 63.6 Å². The van der Waals surface area contributed by atoms with Crippen molar-refractivity contribution in [2.75, 3.05) is 6.54 Å². The lowest BCUT2D eigenvalue weighted by Crippen LogP contribution is -2.24. The van der Waals surface area contributed by atoms with Crippen LogP contribution in [0.4, 0.5) is 4.39 Å². The minimum absolute atomic E-state index is 0.145. The lowest BCUT2D eigenvalue weighted by molar-refractivity contribution is 0.525. The normalized spacial score (nSPS) is 12.4. The van der Waals surface area contributed by atoms with Crippen molar-refractivity contribution in [1.29, 1.82) is 0 Å². The molecule has 0 fully saturated rings. The van der Waals surface area contributed by atoms with Crippen LogP contribution in [0.1, 0.15) is 36.2 Å². The Labute approximate surface area is 133 Å². The average Bonchev–Trinajstić information content (AvgIpc) is 2.43. The molecule has 1 N–H and O–H groups in total. The Morgan fingerprint density at radius 1 is 1.29 bits per heavy atom. The summed E-state index contributed by atoms with van der Waals surface area (Å²) < 4.78 is 14.3. The van der Waals surface area contributed by atoms with E-state index in [2.05, 4.69) is 39.2 Å². The van der Waals surface area contributed by atoms with Gasteiger partial charge in [0.15, 0.2) is 0 Å². The zero-order valence-corrected chi connectivity index (χ0v) is 14.0. The molecule has 21 heavy (non-hydrogen) atoms. The fraction of sp³-hybridized carbons (Fsp3) is 0.353.